The van der Waals surface area contributed by atoms with Crippen molar-refractivity contribution in [1.82, 2.24) is 5.32 Å². The predicted octanol–water partition coefficient (Wildman–Crippen LogP) is 4.13. The summed E-state index contributed by atoms with van der Waals surface area (Å²) < 4.78 is 6.87. The summed E-state index contributed by atoms with van der Waals surface area (Å²) in [5.41, 5.74) is 1.18. The molecule has 0 aliphatic rings. The average Bonchev–Trinajstić information content (AvgIpc) is 2.47. The SMILES string of the molecule is CCCOc1ccc(Br)cc1CNCC(CCC)CCO. The van der Waals surface area contributed by atoms with Gasteiger partial charge >= 0.3 is 0 Å². The van der Waals surface area contributed by atoms with E-state index in [2.05, 4.69) is 41.2 Å². The third kappa shape index (κ3) is 7.30. The molecule has 0 aliphatic carbocycles. The van der Waals surface area contributed by atoms with E-state index in [4.69, 9.17) is 9.84 Å². The molecule has 0 bridgehead atoms. The van der Waals surface area contributed by atoms with Crippen LogP contribution in [0.3, 0.4) is 0 Å². The monoisotopic (exact) mass is 357 g/mol. The van der Waals surface area contributed by atoms with Gasteiger partial charge in [0.05, 0.1) is 6.61 Å². The number of ether oxygens (including phenoxy) is 1. The molecule has 1 aromatic rings. The van der Waals surface area contributed by atoms with Crippen molar-refractivity contribution >= 4 is 15.9 Å². The van der Waals surface area contributed by atoms with Gasteiger partial charge in [0.15, 0.2) is 0 Å². The molecular formula is C17H28BrNO2. The van der Waals surface area contributed by atoms with E-state index in [-0.39, 0.29) is 6.61 Å². The van der Waals surface area contributed by atoms with E-state index in [1.54, 1.807) is 0 Å². The van der Waals surface area contributed by atoms with Gasteiger partial charge in [-0.25, -0.2) is 0 Å². The van der Waals surface area contributed by atoms with Gasteiger partial charge in [-0.2, -0.15) is 0 Å². The lowest BCUT2D eigenvalue weighted by Crippen LogP contribution is -2.23. The molecule has 2 N–H and O–H groups in total. The molecule has 0 amide bonds. The van der Waals surface area contributed by atoms with Crippen molar-refractivity contribution in [3.05, 3.63) is 28.2 Å². The largest absolute Gasteiger partial charge is 0.493 e. The molecule has 0 fully saturated rings. The fraction of sp³-hybridized carbons (Fsp3) is 0.647. The summed E-state index contributed by atoms with van der Waals surface area (Å²) in [6, 6.07) is 6.15. The minimum Gasteiger partial charge on any atom is -0.493 e. The highest BCUT2D eigenvalue weighted by Gasteiger charge is 2.09. The summed E-state index contributed by atoms with van der Waals surface area (Å²) in [4.78, 5) is 0. The van der Waals surface area contributed by atoms with E-state index < -0.39 is 0 Å². The summed E-state index contributed by atoms with van der Waals surface area (Å²) in [6.07, 6.45) is 4.20. The molecule has 4 heteroatoms. The Hall–Kier alpha value is -0.580. The van der Waals surface area contributed by atoms with Gasteiger partial charge in [0, 0.05) is 23.2 Å². The lowest BCUT2D eigenvalue weighted by atomic mass is 10.00. The van der Waals surface area contributed by atoms with Gasteiger partial charge in [0.2, 0.25) is 0 Å². The molecule has 1 rings (SSSR count). The fourth-order valence-corrected chi connectivity index (χ4v) is 2.80. The molecule has 0 heterocycles. The Morgan fingerprint density at radius 3 is 2.71 bits per heavy atom. The van der Waals surface area contributed by atoms with Gasteiger partial charge in [-0.15, -0.1) is 0 Å². The summed E-state index contributed by atoms with van der Waals surface area (Å²) in [5, 5.41) is 12.6. The lowest BCUT2D eigenvalue weighted by Gasteiger charge is -2.17. The highest BCUT2D eigenvalue weighted by atomic mass is 79.9. The fourth-order valence-electron chi connectivity index (χ4n) is 2.39. The van der Waals surface area contributed by atoms with Crippen LogP contribution in [0.5, 0.6) is 5.75 Å². The number of benzene rings is 1. The van der Waals surface area contributed by atoms with Crippen LogP contribution in [0.25, 0.3) is 0 Å². The van der Waals surface area contributed by atoms with Crippen LogP contribution < -0.4 is 10.1 Å². The zero-order valence-electron chi connectivity index (χ0n) is 13.2. The molecule has 1 atom stereocenters. The molecule has 0 saturated heterocycles. The molecule has 1 unspecified atom stereocenters. The summed E-state index contributed by atoms with van der Waals surface area (Å²) >= 11 is 3.52. The molecule has 0 aliphatic heterocycles. The van der Waals surface area contributed by atoms with Crippen LogP contribution >= 0.6 is 15.9 Å². The van der Waals surface area contributed by atoms with Crippen molar-refractivity contribution in [2.24, 2.45) is 5.92 Å². The second kappa shape index (κ2) is 11.0. The van der Waals surface area contributed by atoms with Crippen molar-refractivity contribution in [3.8, 4) is 5.75 Å². The average molecular weight is 358 g/mol. The highest BCUT2D eigenvalue weighted by molar-refractivity contribution is 9.10. The summed E-state index contributed by atoms with van der Waals surface area (Å²) in [6.45, 7) is 7.06. The second-order valence-electron chi connectivity index (χ2n) is 5.40. The van der Waals surface area contributed by atoms with Crippen molar-refractivity contribution in [2.45, 2.75) is 46.1 Å². The minimum absolute atomic E-state index is 0.272. The Kier molecular flexibility index (Phi) is 9.72. The molecule has 0 spiro atoms. The smallest absolute Gasteiger partial charge is 0.123 e. The maximum atomic E-state index is 9.10. The van der Waals surface area contributed by atoms with E-state index in [0.29, 0.717) is 5.92 Å². The van der Waals surface area contributed by atoms with Crippen LogP contribution in [0, 0.1) is 5.92 Å². The molecule has 21 heavy (non-hydrogen) atoms. The van der Waals surface area contributed by atoms with E-state index in [1.807, 2.05) is 12.1 Å². The van der Waals surface area contributed by atoms with Crippen molar-refractivity contribution in [2.75, 3.05) is 19.8 Å². The molecular weight excluding hydrogens is 330 g/mol. The zero-order valence-corrected chi connectivity index (χ0v) is 14.8. The van der Waals surface area contributed by atoms with Crippen LogP contribution in [0.1, 0.15) is 45.1 Å². The van der Waals surface area contributed by atoms with Gasteiger partial charge < -0.3 is 15.2 Å². The molecule has 0 saturated carbocycles. The Morgan fingerprint density at radius 1 is 1.24 bits per heavy atom. The van der Waals surface area contributed by atoms with Gasteiger partial charge in [-0.3, -0.25) is 0 Å². The second-order valence-corrected chi connectivity index (χ2v) is 6.31. The highest BCUT2D eigenvalue weighted by Crippen LogP contribution is 2.23. The van der Waals surface area contributed by atoms with Crippen LogP contribution in [0.2, 0.25) is 0 Å². The molecule has 120 valence electrons. The van der Waals surface area contributed by atoms with Crippen LogP contribution in [0.15, 0.2) is 22.7 Å². The first-order valence-corrected chi connectivity index (χ1v) is 8.73. The first-order valence-electron chi connectivity index (χ1n) is 7.94. The molecule has 0 aromatic heterocycles. The Morgan fingerprint density at radius 2 is 2.05 bits per heavy atom. The Balaban J connectivity index is 2.54. The van der Waals surface area contributed by atoms with Gasteiger partial charge in [0.25, 0.3) is 0 Å². The van der Waals surface area contributed by atoms with Crippen molar-refractivity contribution < 1.29 is 9.84 Å². The van der Waals surface area contributed by atoms with Gasteiger partial charge in [-0.05, 0) is 49.9 Å². The number of halogens is 1. The first-order chi connectivity index (χ1) is 10.2. The first kappa shape index (κ1) is 18.5. The van der Waals surface area contributed by atoms with E-state index in [1.165, 1.54) is 5.56 Å². The topological polar surface area (TPSA) is 41.5 Å². The van der Waals surface area contributed by atoms with Crippen molar-refractivity contribution in [1.29, 1.82) is 0 Å². The standard InChI is InChI=1S/C17H28BrNO2/c1-3-5-14(8-9-20)12-19-13-15-11-16(18)6-7-17(15)21-10-4-2/h6-7,11,14,19-20H,3-5,8-10,12-13H2,1-2H3. The number of rotatable bonds is 11. The predicted molar refractivity (Wildman–Crippen MR) is 91.7 cm³/mol. The van der Waals surface area contributed by atoms with Crippen molar-refractivity contribution in [3.63, 3.8) is 0 Å². The lowest BCUT2D eigenvalue weighted by molar-refractivity contribution is 0.247. The number of hydrogen-bond donors (Lipinski definition) is 2. The van der Waals surface area contributed by atoms with Crippen LogP contribution in [-0.4, -0.2) is 24.9 Å². The number of aliphatic hydroxyl groups excluding tert-OH is 1. The number of nitrogens with one attached hydrogen (secondary N) is 1. The molecule has 1 aromatic carbocycles. The Bertz CT molecular complexity index is 392. The normalized spacial score (nSPS) is 12.4. The van der Waals surface area contributed by atoms with E-state index >= 15 is 0 Å². The maximum Gasteiger partial charge on any atom is 0.123 e. The van der Waals surface area contributed by atoms with E-state index in [9.17, 15) is 0 Å². The minimum atomic E-state index is 0.272. The number of hydrogen-bond acceptors (Lipinski definition) is 3. The van der Waals surface area contributed by atoms with Crippen LogP contribution in [-0.2, 0) is 6.54 Å². The summed E-state index contributed by atoms with van der Waals surface area (Å²) in [5.74, 6) is 1.51. The molecule has 3 nitrogen and oxygen atoms in total. The Labute approximate surface area is 137 Å². The molecule has 0 radical (unpaired) electrons. The summed E-state index contributed by atoms with van der Waals surface area (Å²) in [7, 11) is 0. The third-order valence-corrected chi connectivity index (χ3v) is 3.96. The van der Waals surface area contributed by atoms with Gasteiger partial charge in [0.1, 0.15) is 5.75 Å². The quantitative estimate of drug-likeness (QED) is 0.625. The van der Waals surface area contributed by atoms with Gasteiger partial charge in [-0.1, -0.05) is 36.2 Å². The van der Waals surface area contributed by atoms with E-state index in [0.717, 1.165) is 55.6 Å². The number of aliphatic hydroxyl groups is 1. The third-order valence-electron chi connectivity index (χ3n) is 3.47. The zero-order chi connectivity index (χ0) is 15.5. The van der Waals surface area contributed by atoms with Crippen LogP contribution in [0.4, 0.5) is 0 Å². The maximum absolute atomic E-state index is 9.10.